The van der Waals surface area contributed by atoms with Gasteiger partial charge in [-0.15, -0.1) is 0 Å². The molecule has 1 saturated heterocycles. The van der Waals surface area contributed by atoms with E-state index in [1.807, 2.05) is 27.8 Å². The van der Waals surface area contributed by atoms with E-state index in [2.05, 4.69) is 9.97 Å². The standard InChI is InChI=1S/C19H24N4O2/c24-18-6-2-1-4-15(18)17-5-3-10-23(17)19(25)16-12-14(7-8-21-16)22-11-9-20-13-22/h7-9,11-13,15,17-18,24H,1-6,10H2/t15-,17+,18-/m0/s1. The molecule has 1 saturated carbocycles. The van der Waals surface area contributed by atoms with Crippen LogP contribution < -0.4 is 0 Å². The first-order valence-electron chi connectivity index (χ1n) is 9.17. The Bertz CT molecular complexity index is 731. The zero-order valence-electron chi connectivity index (χ0n) is 14.3. The van der Waals surface area contributed by atoms with Crippen LogP contribution in [0, 0.1) is 5.92 Å². The zero-order chi connectivity index (χ0) is 17.2. The molecule has 1 aliphatic heterocycles. The highest BCUT2D eigenvalue weighted by Gasteiger charge is 2.39. The van der Waals surface area contributed by atoms with E-state index in [0.29, 0.717) is 5.69 Å². The normalized spacial score (nSPS) is 26.8. The number of amides is 1. The summed E-state index contributed by atoms with van der Waals surface area (Å²) in [5, 5.41) is 10.4. The average Bonchev–Trinajstić information content (AvgIpc) is 3.33. The molecule has 2 fully saturated rings. The fraction of sp³-hybridized carbons (Fsp3) is 0.526. The van der Waals surface area contributed by atoms with Crippen molar-refractivity contribution in [1.82, 2.24) is 19.4 Å². The molecule has 3 heterocycles. The molecule has 25 heavy (non-hydrogen) atoms. The van der Waals surface area contributed by atoms with E-state index in [1.54, 1.807) is 18.7 Å². The minimum absolute atomic E-state index is 0.0257. The molecule has 0 aromatic carbocycles. The summed E-state index contributed by atoms with van der Waals surface area (Å²) in [7, 11) is 0. The second-order valence-electron chi connectivity index (χ2n) is 7.09. The van der Waals surface area contributed by atoms with Gasteiger partial charge in [0.1, 0.15) is 5.69 Å². The van der Waals surface area contributed by atoms with Gasteiger partial charge >= 0.3 is 0 Å². The number of carbonyl (C=O) groups is 1. The summed E-state index contributed by atoms with van der Waals surface area (Å²) in [5.74, 6) is 0.180. The number of hydrogen-bond acceptors (Lipinski definition) is 4. The van der Waals surface area contributed by atoms with Crippen molar-refractivity contribution in [2.45, 2.75) is 50.7 Å². The van der Waals surface area contributed by atoms with E-state index in [4.69, 9.17) is 0 Å². The number of rotatable bonds is 3. The third kappa shape index (κ3) is 3.18. The maximum absolute atomic E-state index is 13.1. The second-order valence-corrected chi connectivity index (χ2v) is 7.09. The smallest absolute Gasteiger partial charge is 0.272 e. The summed E-state index contributed by atoms with van der Waals surface area (Å²) in [6, 6.07) is 3.82. The van der Waals surface area contributed by atoms with Crippen LogP contribution in [0.2, 0.25) is 0 Å². The van der Waals surface area contributed by atoms with Crippen LogP contribution in [0.1, 0.15) is 49.0 Å². The third-order valence-corrected chi connectivity index (χ3v) is 5.60. The molecular formula is C19H24N4O2. The number of pyridine rings is 1. The van der Waals surface area contributed by atoms with Gasteiger partial charge in [-0.1, -0.05) is 12.8 Å². The van der Waals surface area contributed by atoms with Crippen LogP contribution in [0.25, 0.3) is 5.69 Å². The van der Waals surface area contributed by atoms with Gasteiger partial charge in [-0.25, -0.2) is 4.98 Å². The molecule has 3 atom stereocenters. The molecule has 6 heteroatoms. The van der Waals surface area contributed by atoms with Crippen molar-refractivity contribution >= 4 is 5.91 Å². The largest absolute Gasteiger partial charge is 0.393 e. The summed E-state index contributed by atoms with van der Waals surface area (Å²) in [6.45, 7) is 0.754. The monoisotopic (exact) mass is 340 g/mol. The maximum atomic E-state index is 13.1. The van der Waals surface area contributed by atoms with Crippen LogP contribution in [0.4, 0.5) is 0 Å². The SMILES string of the molecule is O=C(c1cc(-n2ccnc2)ccn1)N1CCC[C@@H]1[C@@H]1CCCC[C@@H]1O. The van der Waals surface area contributed by atoms with Crippen molar-refractivity contribution in [1.29, 1.82) is 0 Å². The molecule has 6 nitrogen and oxygen atoms in total. The lowest BCUT2D eigenvalue weighted by atomic mass is 9.80. The van der Waals surface area contributed by atoms with Gasteiger partial charge in [0.15, 0.2) is 0 Å². The number of carbonyl (C=O) groups excluding carboxylic acids is 1. The second kappa shape index (κ2) is 6.96. The van der Waals surface area contributed by atoms with Gasteiger partial charge in [0.2, 0.25) is 0 Å². The summed E-state index contributed by atoms with van der Waals surface area (Å²) >= 11 is 0. The number of aliphatic hydroxyl groups is 1. The maximum Gasteiger partial charge on any atom is 0.272 e. The van der Waals surface area contributed by atoms with Crippen molar-refractivity contribution in [2.24, 2.45) is 5.92 Å². The molecule has 4 rings (SSSR count). The van der Waals surface area contributed by atoms with Gasteiger partial charge in [0, 0.05) is 37.1 Å². The van der Waals surface area contributed by atoms with Crippen LogP contribution in [0.5, 0.6) is 0 Å². The van der Waals surface area contributed by atoms with Crippen LogP contribution in [0.3, 0.4) is 0 Å². The van der Waals surface area contributed by atoms with Gasteiger partial charge in [-0.3, -0.25) is 9.78 Å². The van der Waals surface area contributed by atoms with Crippen LogP contribution in [-0.2, 0) is 0 Å². The van der Waals surface area contributed by atoms with Crippen LogP contribution in [-0.4, -0.2) is 49.1 Å². The first-order chi connectivity index (χ1) is 12.2. The van der Waals surface area contributed by atoms with E-state index in [9.17, 15) is 9.90 Å². The lowest BCUT2D eigenvalue weighted by Crippen LogP contribution is -2.45. The Balaban J connectivity index is 1.56. The molecule has 0 unspecified atom stereocenters. The summed E-state index contributed by atoms with van der Waals surface area (Å²) in [4.78, 5) is 23.4. The minimum atomic E-state index is -0.280. The minimum Gasteiger partial charge on any atom is -0.393 e. The molecule has 0 spiro atoms. The summed E-state index contributed by atoms with van der Waals surface area (Å²) < 4.78 is 1.87. The van der Waals surface area contributed by atoms with Crippen molar-refractivity contribution in [3.05, 3.63) is 42.7 Å². The number of aromatic nitrogens is 3. The Hall–Kier alpha value is -2.21. The van der Waals surface area contributed by atoms with E-state index in [-0.39, 0.29) is 24.0 Å². The van der Waals surface area contributed by atoms with E-state index >= 15 is 0 Å². The van der Waals surface area contributed by atoms with Crippen molar-refractivity contribution in [3.63, 3.8) is 0 Å². The number of imidazole rings is 1. The topological polar surface area (TPSA) is 71.2 Å². The molecule has 0 radical (unpaired) electrons. The average molecular weight is 340 g/mol. The molecule has 2 aliphatic rings. The Morgan fingerprint density at radius 1 is 1.16 bits per heavy atom. The molecule has 2 aromatic rings. The fourth-order valence-corrected chi connectivity index (χ4v) is 4.33. The molecule has 1 aliphatic carbocycles. The number of hydrogen-bond donors (Lipinski definition) is 1. The predicted octanol–water partition coefficient (Wildman–Crippen LogP) is 2.42. The van der Waals surface area contributed by atoms with Gasteiger partial charge in [-0.05, 0) is 37.8 Å². The molecule has 0 bridgehead atoms. The highest BCUT2D eigenvalue weighted by molar-refractivity contribution is 5.93. The first kappa shape index (κ1) is 16.3. The highest BCUT2D eigenvalue weighted by Crippen LogP contribution is 2.35. The van der Waals surface area contributed by atoms with Crippen LogP contribution >= 0.6 is 0 Å². The number of likely N-dealkylation sites (tertiary alicyclic amines) is 1. The van der Waals surface area contributed by atoms with E-state index in [1.165, 1.54) is 0 Å². The quantitative estimate of drug-likeness (QED) is 0.931. The zero-order valence-corrected chi connectivity index (χ0v) is 14.3. The first-order valence-corrected chi connectivity index (χ1v) is 9.17. The third-order valence-electron chi connectivity index (χ3n) is 5.60. The fourth-order valence-electron chi connectivity index (χ4n) is 4.33. The molecule has 132 valence electrons. The van der Waals surface area contributed by atoms with Gasteiger partial charge < -0.3 is 14.6 Å². The molecule has 1 amide bonds. The van der Waals surface area contributed by atoms with Crippen molar-refractivity contribution in [2.75, 3.05) is 6.54 Å². The number of nitrogens with zero attached hydrogens (tertiary/aromatic N) is 4. The van der Waals surface area contributed by atoms with Crippen molar-refractivity contribution < 1.29 is 9.90 Å². The number of aliphatic hydroxyl groups excluding tert-OH is 1. The lowest BCUT2D eigenvalue weighted by Gasteiger charge is -2.37. The van der Waals surface area contributed by atoms with Crippen LogP contribution in [0.15, 0.2) is 37.1 Å². The lowest BCUT2D eigenvalue weighted by molar-refractivity contribution is 0.0209. The Morgan fingerprint density at radius 3 is 2.84 bits per heavy atom. The Labute approximate surface area is 147 Å². The summed E-state index contributed by atoms with van der Waals surface area (Å²) in [6.07, 6.45) is 12.7. The molecule has 2 aromatic heterocycles. The van der Waals surface area contributed by atoms with E-state index in [0.717, 1.165) is 50.8 Å². The van der Waals surface area contributed by atoms with Gasteiger partial charge in [0.05, 0.1) is 18.1 Å². The van der Waals surface area contributed by atoms with Gasteiger partial charge in [-0.2, -0.15) is 0 Å². The van der Waals surface area contributed by atoms with Gasteiger partial charge in [0.25, 0.3) is 5.91 Å². The predicted molar refractivity (Wildman–Crippen MR) is 93.4 cm³/mol. The molecule has 1 N–H and O–H groups in total. The Morgan fingerprint density at radius 2 is 2.04 bits per heavy atom. The van der Waals surface area contributed by atoms with E-state index < -0.39 is 0 Å². The molecular weight excluding hydrogens is 316 g/mol. The summed E-state index contributed by atoms with van der Waals surface area (Å²) in [5.41, 5.74) is 1.34. The highest BCUT2D eigenvalue weighted by atomic mass is 16.3. The van der Waals surface area contributed by atoms with Crippen molar-refractivity contribution in [3.8, 4) is 5.69 Å². The Kier molecular flexibility index (Phi) is 4.53.